The number of rotatable bonds is 2. The molecule has 2 aromatic carbocycles. The van der Waals surface area contributed by atoms with Crippen molar-refractivity contribution in [3.8, 4) is 11.8 Å². The fraction of sp³-hybridized carbons (Fsp3) is 0. The second-order valence-corrected chi connectivity index (χ2v) is 5.31. The van der Waals surface area contributed by atoms with Crippen molar-refractivity contribution in [2.24, 2.45) is 0 Å². The predicted molar refractivity (Wildman–Crippen MR) is 80.4 cm³/mol. The van der Waals surface area contributed by atoms with Gasteiger partial charge in [0.15, 0.2) is 0 Å². The number of hydrogen-bond acceptors (Lipinski definition) is 3. The number of aromatic carboxylic acids is 1. The van der Waals surface area contributed by atoms with E-state index in [-0.39, 0.29) is 5.56 Å². The zero-order chi connectivity index (χ0) is 15.0. The maximum absolute atomic E-state index is 11.0. The SMILES string of the molecule is N#Cc1ccc(Br)cc1-n1cnc2cc(C(=O)O)ccc21. The molecular formula is C15H8BrN3O2. The molecule has 0 radical (unpaired) electrons. The second-order valence-electron chi connectivity index (χ2n) is 4.40. The van der Waals surface area contributed by atoms with Crippen LogP contribution in [0, 0.1) is 11.3 Å². The number of imidazole rings is 1. The Morgan fingerprint density at radius 1 is 1.29 bits per heavy atom. The molecule has 0 saturated carbocycles. The highest BCUT2D eigenvalue weighted by Crippen LogP contribution is 2.24. The van der Waals surface area contributed by atoms with E-state index in [4.69, 9.17) is 5.11 Å². The Morgan fingerprint density at radius 3 is 2.81 bits per heavy atom. The van der Waals surface area contributed by atoms with Gasteiger partial charge < -0.3 is 5.11 Å². The van der Waals surface area contributed by atoms with Crippen molar-refractivity contribution in [1.29, 1.82) is 5.26 Å². The second kappa shape index (κ2) is 5.04. The van der Waals surface area contributed by atoms with Crippen molar-refractivity contribution in [3.05, 3.63) is 58.3 Å². The van der Waals surface area contributed by atoms with Crippen LogP contribution in [0.2, 0.25) is 0 Å². The Kier molecular flexibility index (Phi) is 3.20. The molecule has 1 heterocycles. The summed E-state index contributed by atoms with van der Waals surface area (Å²) in [7, 11) is 0. The van der Waals surface area contributed by atoms with Crippen molar-refractivity contribution < 1.29 is 9.90 Å². The van der Waals surface area contributed by atoms with Gasteiger partial charge in [-0.2, -0.15) is 5.26 Å². The van der Waals surface area contributed by atoms with Crippen LogP contribution in [0.25, 0.3) is 16.7 Å². The number of carboxylic acid groups (broad SMARTS) is 1. The third-order valence-electron chi connectivity index (χ3n) is 3.13. The van der Waals surface area contributed by atoms with Gasteiger partial charge in [0.05, 0.1) is 27.8 Å². The minimum absolute atomic E-state index is 0.183. The summed E-state index contributed by atoms with van der Waals surface area (Å²) >= 11 is 3.38. The molecule has 0 aliphatic heterocycles. The van der Waals surface area contributed by atoms with E-state index in [9.17, 15) is 10.1 Å². The lowest BCUT2D eigenvalue weighted by Gasteiger charge is -2.07. The molecule has 0 spiro atoms. The van der Waals surface area contributed by atoms with E-state index in [0.717, 1.165) is 9.99 Å². The zero-order valence-corrected chi connectivity index (χ0v) is 12.2. The molecule has 0 atom stereocenters. The number of benzene rings is 2. The van der Waals surface area contributed by atoms with Gasteiger partial charge in [-0.15, -0.1) is 0 Å². The number of nitrogens with zero attached hydrogens (tertiary/aromatic N) is 3. The molecule has 0 fully saturated rings. The topological polar surface area (TPSA) is 78.9 Å². The monoisotopic (exact) mass is 341 g/mol. The highest BCUT2D eigenvalue weighted by molar-refractivity contribution is 9.10. The van der Waals surface area contributed by atoms with Crippen LogP contribution in [0.1, 0.15) is 15.9 Å². The van der Waals surface area contributed by atoms with Crippen LogP contribution in [0.4, 0.5) is 0 Å². The molecule has 3 aromatic rings. The lowest BCUT2D eigenvalue weighted by atomic mass is 10.1. The molecule has 0 aliphatic carbocycles. The van der Waals surface area contributed by atoms with Gasteiger partial charge in [0.25, 0.3) is 0 Å². The predicted octanol–water partition coefficient (Wildman–Crippen LogP) is 3.36. The summed E-state index contributed by atoms with van der Waals surface area (Å²) < 4.78 is 2.62. The maximum atomic E-state index is 11.0. The summed E-state index contributed by atoms with van der Waals surface area (Å²) in [5.74, 6) is -0.994. The maximum Gasteiger partial charge on any atom is 0.335 e. The Balaban J connectivity index is 2.25. The van der Waals surface area contributed by atoms with Crippen molar-refractivity contribution >= 4 is 32.9 Å². The molecule has 3 rings (SSSR count). The first-order valence-corrected chi connectivity index (χ1v) is 6.80. The molecule has 0 unspecified atom stereocenters. The van der Waals surface area contributed by atoms with E-state index < -0.39 is 5.97 Å². The Hall–Kier alpha value is -2.65. The Morgan fingerprint density at radius 2 is 2.10 bits per heavy atom. The highest BCUT2D eigenvalue weighted by Gasteiger charge is 2.11. The van der Waals surface area contributed by atoms with Gasteiger partial charge in [0, 0.05) is 4.47 Å². The molecule has 1 N–H and O–H groups in total. The molecule has 102 valence electrons. The summed E-state index contributed by atoms with van der Waals surface area (Å²) in [6, 6.07) is 12.2. The highest BCUT2D eigenvalue weighted by atomic mass is 79.9. The molecule has 6 heteroatoms. The van der Waals surface area contributed by atoms with Gasteiger partial charge in [0.2, 0.25) is 0 Å². The summed E-state index contributed by atoms with van der Waals surface area (Å²) in [5.41, 5.74) is 2.70. The molecule has 0 saturated heterocycles. The third kappa shape index (κ3) is 2.28. The molecule has 21 heavy (non-hydrogen) atoms. The normalized spacial score (nSPS) is 10.5. The molecule has 0 aliphatic rings. The first kappa shape index (κ1) is 13.3. The van der Waals surface area contributed by atoms with Crippen LogP contribution in [-0.4, -0.2) is 20.6 Å². The zero-order valence-electron chi connectivity index (χ0n) is 10.6. The van der Waals surface area contributed by atoms with Gasteiger partial charge in [-0.05, 0) is 36.4 Å². The number of carbonyl (C=O) groups is 1. The summed E-state index contributed by atoms with van der Waals surface area (Å²) in [4.78, 5) is 15.2. The van der Waals surface area contributed by atoms with Crippen LogP contribution in [-0.2, 0) is 0 Å². The first-order chi connectivity index (χ1) is 10.1. The summed E-state index contributed by atoms with van der Waals surface area (Å²) in [6.07, 6.45) is 1.58. The van der Waals surface area contributed by atoms with Crippen LogP contribution < -0.4 is 0 Å². The molecular weight excluding hydrogens is 334 g/mol. The van der Waals surface area contributed by atoms with E-state index in [1.54, 1.807) is 29.1 Å². The van der Waals surface area contributed by atoms with E-state index in [0.29, 0.717) is 16.8 Å². The van der Waals surface area contributed by atoms with Gasteiger partial charge in [-0.1, -0.05) is 15.9 Å². The van der Waals surface area contributed by atoms with Gasteiger partial charge in [0.1, 0.15) is 12.4 Å². The van der Waals surface area contributed by atoms with Crippen LogP contribution in [0.15, 0.2) is 47.2 Å². The number of aromatic nitrogens is 2. The van der Waals surface area contributed by atoms with Crippen LogP contribution in [0.3, 0.4) is 0 Å². The van der Waals surface area contributed by atoms with Crippen LogP contribution >= 0.6 is 15.9 Å². The number of hydrogen-bond donors (Lipinski definition) is 1. The average Bonchev–Trinajstić information content (AvgIpc) is 2.89. The lowest BCUT2D eigenvalue weighted by molar-refractivity contribution is 0.0697. The van der Waals surface area contributed by atoms with Crippen molar-refractivity contribution in [1.82, 2.24) is 9.55 Å². The Bertz CT molecular complexity index is 909. The third-order valence-corrected chi connectivity index (χ3v) is 3.63. The van der Waals surface area contributed by atoms with E-state index in [1.807, 2.05) is 6.07 Å². The number of fused-ring (bicyclic) bond motifs is 1. The number of nitriles is 1. The Labute approximate surface area is 128 Å². The quantitative estimate of drug-likeness (QED) is 0.775. The van der Waals surface area contributed by atoms with Crippen molar-refractivity contribution in [2.45, 2.75) is 0 Å². The van der Waals surface area contributed by atoms with Crippen molar-refractivity contribution in [2.75, 3.05) is 0 Å². The number of carboxylic acids is 1. The van der Waals surface area contributed by atoms with Crippen LogP contribution in [0.5, 0.6) is 0 Å². The number of halogens is 1. The van der Waals surface area contributed by atoms with E-state index in [1.165, 1.54) is 12.1 Å². The lowest BCUT2D eigenvalue weighted by Crippen LogP contribution is -1.98. The standard InChI is InChI=1S/C15H8BrN3O2/c16-11-3-1-10(7-17)14(6-11)19-8-18-12-5-9(15(20)21)2-4-13(12)19/h1-6,8H,(H,20,21). The van der Waals surface area contributed by atoms with E-state index >= 15 is 0 Å². The molecule has 5 nitrogen and oxygen atoms in total. The summed E-state index contributed by atoms with van der Waals surface area (Å²) in [6.45, 7) is 0. The summed E-state index contributed by atoms with van der Waals surface area (Å²) in [5, 5.41) is 18.2. The van der Waals surface area contributed by atoms with Gasteiger partial charge in [-0.25, -0.2) is 9.78 Å². The molecule has 1 aromatic heterocycles. The molecule has 0 amide bonds. The van der Waals surface area contributed by atoms with E-state index in [2.05, 4.69) is 27.0 Å². The average molecular weight is 342 g/mol. The van der Waals surface area contributed by atoms with Crippen molar-refractivity contribution in [3.63, 3.8) is 0 Å². The first-order valence-electron chi connectivity index (χ1n) is 6.00. The minimum atomic E-state index is -0.994. The fourth-order valence-corrected chi connectivity index (χ4v) is 2.49. The minimum Gasteiger partial charge on any atom is -0.478 e. The molecule has 0 bridgehead atoms. The smallest absolute Gasteiger partial charge is 0.335 e. The fourth-order valence-electron chi connectivity index (χ4n) is 2.14. The van der Waals surface area contributed by atoms with Gasteiger partial charge in [-0.3, -0.25) is 4.57 Å². The largest absolute Gasteiger partial charge is 0.478 e. The van der Waals surface area contributed by atoms with Gasteiger partial charge >= 0.3 is 5.97 Å².